The summed E-state index contributed by atoms with van der Waals surface area (Å²) < 4.78 is 14.1. The molecule has 2 N–H and O–H groups in total. The third-order valence-corrected chi connectivity index (χ3v) is 2.53. The van der Waals surface area contributed by atoms with Gasteiger partial charge in [-0.05, 0) is 25.2 Å². The molecule has 0 aliphatic carbocycles. The summed E-state index contributed by atoms with van der Waals surface area (Å²) in [5.74, 6) is -0.486. The highest BCUT2D eigenvalue weighted by Gasteiger charge is 2.07. The Morgan fingerprint density at radius 1 is 1.41 bits per heavy atom. The first-order chi connectivity index (χ1) is 8.13. The molecule has 1 aromatic carbocycles. The third-order valence-electron chi connectivity index (χ3n) is 2.53. The summed E-state index contributed by atoms with van der Waals surface area (Å²) >= 11 is 0. The van der Waals surface area contributed by atoms with E-state index in [2.05, 4.69) is 10.3 Å². The van der Waals surface area contributed by atoms with Crippen molar-refractivity contribution in [3.63, 3.8) is 0 Å². The highest BCUT2D eigenvalue weighted by molar-refractivity contribution is 5.77. The number of hydrogen-bond acceptors (Lipinski definition) is 3. The summed E-state index contributed by atoms with van der Waals surface area (Å²) in [6, 6.07) is 3.71. The van der Waals surface area contributed by atoms with Crippen LogP contribution in [0.2, 0.25) is 0 Å². The number of aromatic nitrogens is 2. The minimum absolute atomic E-state index is 0.223. The molecule has 0 bridgehead atoms. The van der Waals surface area contributed by atoms with Crippen molar-refractivity contribution in [1.82, 2.24) is 14.9 Å². The van der Waals surface area contributed by atoms with Gasteiger partial charge in [-0.1, -0.05) is 0 Å². The number of likely N-dealkylation sites (N-methyl/N-ethyl adjacent to an activating group) is 1. The van der Waals surface area contributed by atoms with Crippen LogP contribution < -0.4 is 16.6 Å². The lowest BCUT2D eigenvalue weighted by Crippen LogP contribution is -2.37. The van der Waals surface area contributed by atoms with Gasteiger partial charge >= 0.3 is 5.69 Å². The average molecular weight is 237 g/mol. The molecular formula is C11H12FN3O2. The first-order valence-electron chi connectivity index (χ1n) is 5.20. The number of nitrogens with one attached hydrogen (secondary N) is 2. The maximum atomic E-state index is 13.0. The molecule has 2 rings (SSSR count). The van der Waals surface area contributed by atoms with Crippen LogP contribution >= 0.6 is 0 Å². The maximum absolute atomic E-state index is 13.0. The second-order valence-corrected chi connectivity index (χ2v) is 3.68. The Morgan fingerprint density at radius 3 is 2.88 bits per heavy atom. The Balaban J connectivity index is 2.68. The lowest BCUT2D eigenvalue weighted by atomic mass is 10.2. The fraction of sp³-hybridized carbons (Fsp3) is 0.273. The van der Waals surface area contributed by atoms with Crippen molar-refractivity contribution >= 4 is 10.9 Å². The summed E-state index contributed by atoms with van der Waals surface area (Å²) in [5.41, 5.74) is -0.706. The van der Waals surface area contributed by atoms with E-state index in [9.17, 15) is 14.0 Å². The van der Waals surface area contributed by atoms with Crippen molar-refractivity contribution in [1.29, 1.82) is 0 Å². The van der Waals surface area contributed by atoms with Gasteiger partial charge in [-0.25, -0.2) is 9.18 Å². The fourth-order valence-corrected chi connectivity index (χ4v) is 1.65. The van der Waals surface area contributed by atoms with Crippen molar-refractivity contribution in [2.24, 2.45) is 0 Å². The van der Waals surface area contributed by atoms with E-state index >= 15 is 0 Å². The normalized spacial score (nSPS) is 10.9. The summed E-state index contributed by atoms with van der Waals surface area (Å²) in [6.07, 6.45) is 0. The topological polar surface area (TPSA) is 66.9 Å². The lowest BCUT2D eigenvalue weighted by molar-refractivity contribution is 0.600. The van der Waals surface area contributed by atoms with Crippen molar-refractivity contribution in [3.8, 4) is 0 Å². The van der Waals surface area contributed by atoms with Gasteiger partial charge in [-0.2, -0.15) is 0 Å². The number of fused-ring (bicyclic) bond motifs is 1. The average Bonchev–Trinajstić information content (AvgIpc) is 2.28. The van der Waals surface area contributed by atoms with Crippen molar-refractivity contribution in [2.75, 3.05) is 13.6 Å². The van der Waals surface area contributed by atoms with Crippen LogP contribution in [0.3, 0.4) is 0 Å². The number of rotatable bonds is 3. The van der Waals surface area contributed by atoms with E-state index in [0.717, 1.165) is 10.6 Å². The molecule has 90 valence electrons. The van der Waals surface area contributed by atoms with E-state index in [1.54, 1.807) is 7.05 Å². The predicted molar refractivity (Wildman–Crippen MR) is 62.7 cm³/mol. The lowest BCUT2D eigenvalue weighted by Gasteiger charge is -2.05. The Hall–Kier alpha value is -1.95. The fourth-order valence-electron chi connectivity index (χ4n) is 1.65. The third kappa shape index (κ3) is 2.12. The van der Waals surface area contributed by atoms with Crippen LogP contribution in [0.1, 0.15) is 0 Å². The van der Waals surface area contributed by atoms with Gasteiger partial charge in [0.25, 0.3) is 5.56 Å². The largest absolute Gasteiger partial charge is 0.328 e. The van der Waals surface area contributed by atoms with E-state index in [4.69, 9.17) is 0 Å². The molecule has 0 aliphatic heterocycles. The highest BCUT2D eigenvalue weighted by atomic mass is 19.1. The second kappa shape index (κ2) is 4.50. The zero-order valence-electron chi connectivity index (χ0n) is 9.29. The van der Waals surface area contributed by atoms with Crippen LogP contribution in [0.4, 0.5) is 4.39 Å². The summed E-state index contributed by atoms with van der Waals surface area (Å²) in [6.45, 7) is 0.785. The van der Waals surface area contributed by atoms with E-state index in [-0.39, 0.29) is 12.1 Å². The standard InChI is InChI=1S/C11H12FN3O2/c1-13-4-5-15-10(16)8-3-2-7(12)6-9(8)14-11(15)17/h2-3,6,13H,4-5H2,1H3,(H,14,17). The Labute approximate surface area is 95.9 Å². The number of benzene rings is 1. The van der Waals surface area contributed by atoms with Crippen molar-refractivity contribution < 1.29 is 4.39 Å². The molecule has 0 spiro atoms. The van der Waals surface area contributed by atoms with Gasteiger partial charge in [0.2, 0.25) is 0 Å². The number of halogens is 1. The smallest absolute Gasteiger partial charge is 0.318 e. The van der Waals surface area contributed by atoms with Crippen LogP contribution in [-0.4, -0.2) is 23.1 Å². The number of H-pyrrole nitrogens is 1. The highest BCUT2D eigenvalue weighted by Crippen LogP contribution is 2.06. The molecule has 6 heteroatoms. The van der Waals surface area contributed by atoms with Gasteiger partial charge in [0.15, 0.2) is 0 Å². The number of nitrogens with zero attached hydrogens (tertiary/aromatic N) is 1. The van der Waals surface area contributed by atoms with Gasteiger partial charge in [-0.3, -0.25) is 9.36 Å². The number of aromatic amines is 1. The van der Waals surface area contributed by atoms with Crippen molar-refractivity contribution in [2.45, 2.75) is 6.54 Å². The van der Waals surface area contributed by atoms with Gasteiger partial charge < -0.3 is 10.3 Å². The monoisotopic (exact) mass is 237 g/mol. The molecule has 0 fully saturated rings. The van der Waals surface area contributed by atoms with Crippen LogP contribution in [0, 0.1) is 5.82 Å². The summed E-state index contributed by atoms with van der Waals surface area (Å²) in [4.78, 5) is 26.1. The Kier molecular flexibility index (Phi) is 3.06. The molecule has 2 aromatic rings. The van der Waals surface area contributed by atoms with Gasteiger partial charge in [0, 0.05) is 13.1 Å². The molecule has 0 amide bonds. The van der Waals surface area contributed by atoms with E-state index in [1.807, 2.05) is 0 Å². The molecular weight excluding hydrogens is 225 g/mol. The summed E-state index contributed by atoms with van der Waals surface area (Å²) in [7, 11) is 1.73. The number of hydrogen-bond donors (Lipinski definition) is 2. The Morgan fingerprint density at radius 2 is 2.18 bits per heavy atom. The van der Waals surface area contributed by atoms with Crippen LogP contribution in [0.15, 0.2) is 27.8 Å². The van der Waals surface area contributed by atoms with E-state index in [1.165, 1.54) is 12.1 Å². The van der Waals surface area contributed by atoms with Gasteiger partial charge in [0.05, 0.1) is 10.9 Å². The molecule has 17 heavy (non-hydrogen) atoms. The zero-order chi connectivity index (χ0) is 12.4. The molecule has 5 nitrogen and oxygen atoms in total. The van der Waals surface area contributed by atoms with Crippen LogP contribution in [-0.2, 0) is 6.54 Å². The molecule has 0 saturated carbocycles. The molecule has 0 saturated heterocycles. The van der Waals surface area contributed by atoms with Crippen LogP contribution in [0.25, 0.3) is 10.9 Å². The van der Waals surface area contributed by atoms with Gasteiger partial charge in [-0.15, -0.1) is 0 Å². The molecule has 1 aromatic heterocycles. The molecule has 0 unspecified atom stereocenters. The molecule has 0 aliphatic rings. The predicted octanol–water partition coefficient (Wildman–Crippen LogP) is 0.0483. The quantitative estimate of drug-likeness (QED) is 0.792. The molecule has 1 heterocycles. The second-order valence-electron chi connectivity index (χ2n) is 3.68. The van der Waals surface area contributed by atoms with Gasteiger partial charge in [0.1, 0.15) is 5.82 Å². The maximum Gasteiger partial charge on any atom is 0.328 e. The van der Waals surface area contributed by atoms with Crippen molar-refractivity contribution in [3.05, 3.63) is 44.9 Å². The summed E-state index contributed by atoms with van der Waals surface area (Å²) in [5, 5.41) is 3.16. The van der Waals surface area contributed by atoms with E-state index in [0.29, 0.717) is 11.9 Å². The zero-order valence-corrected chi connectivity index (χ0v) is 9.29. The Bertz CT molecular complexity index is 660. The molecule has 0 atom stereocenters. The van der Waals surface area contributed by atoms with Crippen LogP contribution in [0.5, 0.6) is 0 Å². The van der Waals surface area contributed by atoms with E-state index < -0.39 is 17.1 Å². The SMILES string of the molecule is CNCCn1c(=O)[nH]c2cc(F)ccc2c1=O. The minimum atomic E-state index is -0.525. The first kappa shape index (κ1) is 11.5. The first-order valence-corrected chi connectivity index (χ1v) is 5.20. The minimum Gasteiger partial charge on any atom is -0.318 e. The molecule has 0 radical (unpaired) electrons.